The van der Waals surface area contributed by atoms with Gasteiger partial charge in [0.2, 0.25) is 5.13 Å². The van der Waals surface area contributed by atoms with E-state index >= 15 is 0 Å². The van der Waals surface area contributed by atoms with Gasteiger partial charge in [0.1, 0.15) is 22.6 Å². The van der Waals surface area contributed by atoms with Gasteiger partial charge < -0.3 is 13.9 Å². The van der Waals surface area contributed by atoms with Crippen LogP contribution in [-0.4, -0.2) is 25.1 Å². The Bertz CT molecular complexity index is 1250. The summed E-state index contributed by atoms with van der Waals surface area (Å²) in [6.45, 7) is 0. The van der Waals surface area contributed by atoms with Gasteiger partial charge in [0.25, 0.3) is 0 Å². The largest absolute Gasteiger partial charge is 0.497 e. The molecule has 4 aromatic rings. The first-order chi connectivity index (χ1) is 13.6. The second-order valence-corrected chi connectivity index (χ2v) is 6.78. The second kappa shape index (κ2) is 7.20. The third kappa shape index (κ3) is 3.23. The van der Waals surface area contributed by atoms with Gasteiger partial charge in [0, 0.05) is 12.1 Å². The van der Waals surface area contributed by atoms with Gasteiger partial charge >= 0.3 is 5.91 Å². The Kier molecular flexibility index (Phi) is 4.58. The maximum absolute atomic E-state index is 12.4. The molecule has 4 rings (SSSR count). The minimum absolute atomic E-state index is 0.100. The number of carbonyl (C=O) groups excluding carboxylic acids is 1. The van der Waals surface area contributed by atoms with Gasteiger partial charge in [0.05, 0.1) is 24.3 Å². The van der Waals surface area contributed by atoms with E-state index < -0.39 is 5.91 Å². The number of ether oxygens (including phenoxy) is 2. The van der Waals surface area contributed by atoms with Crippen molar-refractivity contribution in [3.05, 3.63) is 58.4 Å². The highest BCUT2D eigenvalue weighted by Gasteiger charge is 2.15. The van der Waals surface area contributed by atoms with Crippen LogP contribution in [0.3, 0.4) is 0 Å². The number of carbonyl (C=O) groups is 1. The van der Waals surface area contributed by atoms with E-state index in [0.717, 1.165) is 10.8 Å². The van der Waals surface area contributed by atoms with Gasteiger partial charge in [-0.15, -0.1) is 0 Å². The first-order valence-electron chi connectivity index (χ1n) is 8.21. The highest BCUT2D eigenvalue weighted by molar-refractivity contribution is 7.22. The summed E-state index contributed by atoms with van der Waals surface area (Å²) in [4.78, 5) is 28.9. The first kappa shape index (κ1) is 17.8. The monoisotopic (exact) mass is 397 g/mol. The van der Waals surface area contributed by atoms with Gasteiger partial charge in [-0.25, -0.2) is 4.98 Å². The number of hydrogen-bond donors (Lipinski definition) is 2. The molecule has 2 aromatic carbocycles. The number of benzene rings is 2. The average Bonchev–Trinajstić information content (AvgIpc) is 3.14. The lowest BCUT2D eigenvalue weighted by atomic mass is 10.2. The minimum atomic E-state index is -0.591. The van der Waals surface area contributed by atoms with Crippen molar-refractivity contribution < 1.29 is 18.7 Å². The zero-order valence-electron chi connectivity index (χ0n) is 14.9. The third-order valence-electron chi connectivity index (χ3n) is 4.03. The van der Waals surface area contributed by atoms with E-state index in [9.17, 15) is 9.59 Å². The zero-order chi connectivity index (χ0) is 19.7. The van der Waals surface area contributed by atoms with Crippen molar-refractivity contribution in [1.82, 2.24) is 10.4 Å². The lowest BCUT2D eigenvalue weighted by Gasteiger charge is -2.05. The lowest BCUT2D eigenvalue weighted by molar-refractivity contribution is 0.0935. The molecule has 0 aliphatic heterocycles. The van der Waals surface area contributed by atoms with Crippen LogP contribution in [-0.2, 0) is 0 Å². The van der Waals surface area contributed by atoms with Crippen LogP contribution < -0.4 is 25.8 Å². The molecule has 1 amide bonds. The van der Waals surface area contributed by atoms with E-state index in [2.05, 4.69) is 15.8 Å². The molecule has 8 nitrogen and oxygen atoms in total. The van der Waals surface area contributed by atoms with Crippen LogP contribution in [0.5, 0.6) is 11.5 Å². The van der Waals surface area contributed by atoms with E-state index in [0.29, 0.717) is 33.1 Å². The highest BCUT2D eigenvalue weighted by Crippen LogP contribution is 2.35. The van der Waals surface area contributed by atoms with Crippen molar-refractivity contribution in [3.63, 3.8) is 0 Å². The molecule has 0 saturated carbocycles. The summed E-state index contributed by atoms with van der Waals surface area (Å²) >= 11 is 1.31. The Balaban J connectivity index is 1.57. The van der Waals surface area contributed by atoms with Crippen molar-refractivity contribution in [2.75, 3.05) is 19.6 Å². The topological polar surface area (TPSA) is 103 Å². The summed E-state index contributed by atoms with van der Waals surface area (Å²) in [5, 5.41) is 0.859. The molecule has 0 saturated heterocycles. The predicted molar refractivity (Wildman–Crippen MR) is 106 cm³/mol. The fourth-order valence-corrected chi connectivity index (χ4v) is 3.55. The molecule has 0 bridgehead atoms. The van der Waals surface area contributed by atoms with Gasteiger partial charge in [-0.1, -0.05) is 23.5 Å². The molecule has 0 atom stereocenters. The molecule has 2 heterocycles. The maximum Gasteiger partial charge on any atom is 0.305 e. The lowest BCUT2D eigenvalue weighted by Crippen LogP contribution is -2.29. The summed E-state index contributed by atoms with van der Waals surface area (Å²) in [5.41, 5.74) is 5.92. The van der Waals surface area contributed by atoms with Crippen molar-refractivity contribution in [2.45, 2.75) is 0 Å². The van der Waals surface area contributed by atoms with Crippen LogP contribution >= 0.6 is 11.3 Å². The molecule has 2 N–H and O–H groups in total. The summed E-state index contributed by atoms with van der Waals surface area (Å²) < 4.78 is 16.9. The van der Waals surface area contributed by atoms with Crippen LogP contribution in [0, 0.1) is 0 Å². The van der Waals surface area contributed by atoms with Gasteiger partial charge in [0.15, 0.2) is 11.2 Å². The van der Waals surface area contributed by atoms with Crippen LogP contribution in [0.25, 0.3) is 21.2 Å². The zero-order valence-corrected chi connectivity index (χ0v) is 15.8. The van der Waals surface area contributed by atoms with E-state index in [1.807, 2.05) is 6.07 Å². The SMILES string of the molecule is COc1cc(OC)c2nc(NNC(=O)c3cc(=O)c4ccccc4o3)sc2c1. The van der Waals surface area contributed by atoms with Crippen molar-refractivity contribution in [3.8, 4) is 11.5 Å². The Hall–Kier alpha value is -3.59. The van der Waals surface area contributed by atoms with E-state index in [4.69, 9.17) is 13.9 Å². The number of fused-ring (bicyclic) bond motifs is 2. The molecule has 28 heavy (non-hydrogen) atoms. The molecule has 0 spiro atoms. The van der Waals surface area contributed by atoms with Crippen molar-refractivity contribution in [2.24, 2.45) is 0 Å². The summed E-state index contributed by atoms with van der Waals surface area (Å²) in [7, 11) is 3.11. The number of thiazole rings is 1. The molecule has 142 valence electrons. The van der Waals surface area contributed by atoms with Crippen LogP contribution in [0.15, 0.2) is 51.7 Å². The summed E-state index contributed by atoms with van der Waals surface area (Å²) in [6, 6.07) is 11.5. The van der Waals surface area contributed by atoms with Gasteiger partial charge in [-0.3, -0.25) is 20.4 Å². The van der Waals surface area contributed by atoms with Gasteiger partial charge in [-0.2, -0.15) is 0 Å². The number of nitrogens with zero attached hydrogens (tertiary/aromatic N) is 1. The number of aromatic nitrogens is 1. The fourth-order valence-electron chi connectivity index (χ4n) is 2.69. The quantitative estimate of drug-likeness (QED) is 0.499. The van der Waals surface area contributed by atoms with Crippen LogP contribution in [0.1, 0.15) is 10.6 Å². The molecule has 0 fully saturated rings. The molecule has 0 unspecified atom stereocenters. The Morgan fingerprint density at radius 3 is 2.75 bits per heavy atom. The molecular weight excluding hydrogens is 382 g/mol. The smallest absolute Gasteiger partial charge is 0.305 e. The van der Waals surface area contributed by atoms with Gasteiger partial charge in [-0.05, 0) is 18.2 Å². The average molecular weight is 397 g/mol. The number of para-hydroxylation sites is 1. The molecule has 0 radical (unpaired) electrons. The molecule has 2 aromatic heterocycles. The first-order valence-corrected chi connectivity index (χ1v) is 9.02. The molecule has 9 heteroatoms. The number of nitrogens with one attached hydrogen (secondary N) is 2. The number of amides is 1. The second-order valence-electron chi connectivity index (χ2n) is 5.75. The Morgan fingerprint density at radius 1 is 1.14 bits per heavy atom. The van der Waals surface area contributed by atoms with Crippen molar-refractivity contribution >= 4 is 43.6 Å². The highest BCUT2D eigenvalue weighted by atomic mass is 32.1. The normalized spacial score (nSPS) is 10.8. The minimum Gasteiger partial charge on any atom is -0.497 e. The fraction of sp³-hybridized carbons (Fsp3) is 0.105. The number of hydrazine groups is 1. The Morgan fingerprint density at radius 2 is 1.96 bits per heavy atom. The molecule has 0 aliphatic rings. The molecule has 0 aliphatic carbocycles. The Labute approximate surface area is 162 Å². The number of rotatable bonds is 5. The van der Waals surface area contributed by atoms with Crippen LogP contribution in [0.4, 0.5) is 5.13 Å². The number of methoxy groups -OCH3 is 2. The van der Waals surface area contributed by atoms with E-state index in [1.54, 1.807) is 44.6 Å². The third-order valence-corrected chi connectivity index (χ3v) is 4.95. The predicted octanol–water partition coefficient (Wildman–Crippen LogP) is 3.18. The number of hydrogen-bond acceptors (Lipinski definition) is 8. The molecular formula is C19H15N3O5S. The standard InChI is InChI=1S/C19H15N3O5S/c1-25-10-7-14(26-2)17-16(8-10)28-19(20-17)22-21-18(24)15-9-12(23)11-5-3-4-6-13(11)27-15/h3-9H,1-2H3,(H,20,22)(H,21,24). The summed E-state index contributed by atoms with van der Waals surface area (Å²) in [6.07, 6.45) is 0. The van der Waals surface area contributed by atoms with Crippen molar-refractivity contribution in [1.29, 1.82) is 0 Å². The van der Waals surface area contributed by atoms with Crippen LogP contribution in [0.2, 0.25) is 0 Å². The van der Waals surface area contributed by atoms with E-state index in [-0.39, 0.29) is 11.2 Å². The van der Waals surface area contributed by atoms with E-state index in [1.165, 1.54) is 11.3 Å². The number of anilines is 1. The maximum atomic E-state index is 12.4. The summed E-state index contributed by atoms with van der Waals surface area (Å²) in [5.74, 6) is 0.509.